The number of ether oxygens (including phenoxy) is 2. The fraction of sp³-hybridized carbons (Fsp3) is 0.524. The number of hydrogen-bond donors (Lipinski definition) is 0. The number of nitrogens with zero attached hydrogens (tertiary/aromatic N) is 3. The summed E-state index contributed by atoms with van der Waals surface area (Å²) in [5.74, 6) is 1.79. The second kappa shape index (κ2) is 7.33. The quantitative estimate of drug-likeness (QED) is 0.837. The van der Waals surface area contributed by atoms with Gasteiger partial charge in [0.25, 0.3) is 0 Å². The largest absolute Gasteiger partial charge is 0.378 e. The number of aromatic nitrogens is 2. The highest BCUT2D eigenvalue weighted by Crippen LogP contribution is 2.32. The molecule has 0 aliphatic carbocycles. The van der Waals surface area contributed by atoms with Crippen LogP contribution in [-0.4, -0.2) is 36.8 Å². The molecule has 1 aromatic heterocycles. The van der Waals surface area contributed by atoms with E-state index in [1.54, 1.807) is 7.11 Å². The lowest BCUT2D eigenvalue weighted by atomic mass is 9.93. The lowest BCUT2D eigenvalue weighted by Gasteiger charge is -2.41. The average molecular weight is 355 g/mol. The molecule has 140 valence electrons. The zero-order chi connectivity index (χ0) is 18.8. The third-order valence-corrected chi connectivity index (χ3v) is 4.71. The SMILES string of the molecule is COCc1cc(N2CCOC(C)(c3ccccc3)C2)nc(C(C)(C)C)n1. The van der Waals surface area contributed by atoms with Crippen molar-refractivity contribution in [2.24, 2.45) is 0 Å². The van der Waals surface area contributed by atoms with Crippen molar-refractivity contribution in [2.45, 2.75) is 45.3 Å². The molecule has 0 N–H and O–H groups in total. The van der Waals surface area contributed by atoms with Crippen LogP contribution >= 0.6 is 0 Å². The van der Waals surface area contributed by atoms with Crippen LogP contribution in [0.3, 0.4) is 0 Å². The monoisotopic (exact) mass is 355 g/mol. The Balaban J connectivity index is 1.94. The van der Waals surface area contributed by atoms with Crippen LogP contribution in [0.15, 0.2) is 36.4 Å². The van der Waals surface area contributed by atoms with Crippen LogP contribution in [0.25, 0.3) is 0 Å². The molecule has 1 fully saturated rings. The third kappa shape index (κ3) is 4.05. The maximum absolute atomic E-state index is 6.17. The first kappa shape index (κ1) is 18.8. The van der Waals surface area contributed by atoms with E-state index in [1.807, 2.05) is 12.1 Å². The topological polar surface area (TPSA) is 47.5 Å². The number of hydrogen-bond acceptors (Lipinski definition) is 5. The van der Waals surface area contributed by atoms with Crippen molar-refractivity contribution in [1.82, 2.24) is 9.97 Å². The number of benzene rings is 1. The third-order valence-electron chi connectivity index (χ3n) is 4.71. The maximum atomic E-state index is 6.17. The molecule has 5 nitrogen and oxygen atoms in total. The van der Waals surface area contributed by atoms with Gasteiger partial charge >= 0.3 is 0 Å². The van der Waals surface area contributed by atoms with Crippen molar-refractivity contribution >= 4 is 5.82 Å². The molecule has 0 radical (unpaired) electrons. The molecule has 5 heteroatoms. The molecule has 3 rings (SSSR count). The van der Waals surface area contributed by atoms with Gasteiger partial charge in [-0.25, -0.2) is 9.97 Å². The normalized spacial score (nSPS) is 21.0. The van der Waals surface area contributed by atoms with Gasteiger partial charge in [-0.3, -0.25) is 0 Å². The fourth-order valence-corrected chi connectivity index (χ4v) is 3.23. The highest BCUT2D eigenvalue weighted by atomic mass is 16.5. The number of rotatable bonds is 4. The minimum atomic E-state index is -0.353. The summed E-state index contributed by atoms with van der Waals surface area (Å²) in [4.78, 5) is 11.9. The Bertz CT molecular complexity index is 743. The summed E-state index contributed by atoms with van der Waals surface area (Å²) in [6, 6.07) is 12.4. The first-order valence-corrected chi connectivity index (χ1v) is 9.14. The van der Waals surface area contributed by atoms with Gasteiger partial charge in [0, 0.05) is 25.1 Å². The summed E-state index contributed by atoms with van der Waals surface area (Å²) < 4.78 is 11.5. The van der Waals surface area contributed by atoms with Crippen LogP contribution in [0, 0.1) is 0 Å². The Morgan fingerprint density at radius 2 is 1.92 bits per heavy atom. The molecule has 0 spiro atoms. The van der Waals surface area contributed by atoms with Crippen molar-refractivity contribution in [3.05, 3.63) is 53.5 Å². The van der Waals surface area contributed by atoms with E-state index in [2.05, 4.69) is 61.8 Å². The maximum Gasteiger partial charge on any atom is 0.136 e. The smallest absolute Gasteiger partial charge is 0.136 e. The highest BCUT2D eigenvalue weighted by molar-refractivity contribution is 5.43. The Morgan fingerprint density at radius 1 is 1.19 bits per heavy atom. The van der Waals surface area contributed by atoms with E-state index in [9.17, 15) is 0 Å². The molecule has 0 saturated carbocycles. The molecule has 1 unspecified atom stereocenters. The second-order valence-corrected chi connectivity index (χ2v) is 8.09. The summed E-state index contributed by atoms with van der Waals surface area (Å²) in [6.45, 7) is 11.3. The molecule has 2 heterocycles. The molecule has 26 heavy (non-hydrogen) atoms. The molecule has 2 aromatic rings. The van der Waals surface area contributed by atoms with Gasteiger partial charge in [0.1, 0.15) is 17.2 Å². The van der Waals surface area contributed by atoms with Gasteiger partial charge in [-0.1, -0.05) is 51.1 Å². The molecule has 1 aromatic carbocycles. The van der Waals surface area contributed by atoms with Gasteiger partial charge in [-0.15, -0.1) is 0 Å². The molecular formula is C21H29N3O2. The van der Waals surface area contributed by atoms with Gasteiger partial charge in [-0.05, 0) is 12.5 Å². The van der Waals surface area contributed by atoms with Crippen molar-refractivity contribution in [3.63, 3.8) is 0 Å². The van der Waals surface area contributed by atoms with E-state index in [1.165, 1.54) is 5.56 Å². The molecule has 0 amide bonds. The molecule has 1 saturated heterocycles. The summed E-state index contributed by atoms with van der Waals surface area (Å²) >= 11 is 0. The molecular weight excluding hydrogens is 326 g/mol. The predicted octanol–water partition coefficient (Wildman–Crippen LogP) is 3.67. The summed E-state index contributed by atoms with van der Waals surface area (Å²) in [7, 11) is 1.69. The second-order valence-electron chi connectivity index (χ2n) is 8.09. The zero-order valence-electron chi connectivity index (χ0n) is 16.5. The van der Waals surface area contributed by atoms with E-state index in [0.717, 1.165) is 30.4 Å². The van der Waals surface area contributed by atoms with Crippen LogP contribution in [-0.2, 0) is 27.1 Å². The van der Waals surface area contributed by atoms with E-state index in [4.69, 9.17) is 14.5 Å². The lowest BCUT2D eigenvalue weighted by Crippen LogP contribution is -2.48. The van der Waals surface area contributed by atoms with E-state index >= 15 is 0 Å². The predicted molar refractivity (Wildman–Crippen MR) is 103 cm³/mol. The minimum Gasteiger partial charge on any atom is -0.378 e. The van der Waals surface area contributed by atoms with Gasteiger partial charge in [0.2, 0.25) is 0 Å². The molecule has 1 aliphatic rings. The fourth-order valence-electron chi connectivity index (χ4n) is 3.23. The minimum absolute atomic E-state index is 0.118. The van der Waals surface area contributed by atoms with Crippen molar-refractivity contribution in [1.29, 1.82) is 0 Å². The highest BCUT2D eigenvalue weighted by Gasteiger charge is 2.35. The van der Waals surface area contributed by atoms with Crippen molar-refractivity contribution < 1.29 is 9.47 Å². The van der Waals surface area contributed by atoms with Crippen LogP contribution in [0.4, 0.5) is 5.82 Å². The Morgan fingerprint density at radius 3 is 2.58 bits per heavy atom. The summed E-state index contributed by atoms with van der Waals surface area (Å²) in [5, 5.41) is 0. The van der Waals surface area contributed by atoms with Crippen LogP contribution < -0.4 is 4.90 Å². The number of morpholine rings is 1. The van der Waals surface area contributed by atoms with Crippen LogP contribution in [0.5, 0.6) is 0 Å². The van der Waals surface area contributed by atoms with Crippen molar-refractivity contribution in [2.75, 3.05) is 31.7 Å². The Hall–Kier alpha value is -1.98. The molecule has 0 bridgehead atoms. The van der Waals surface area contributed by atoms with E-state index in [-0.39, 0.29) is 11.0 Å². The summed E-state index contributed by atoms with van der Waals surface area (Å²) in [5.41, 5.74) is 1.63. The van der Waals surface area contributed by atoms with Crippen LogP contribution in [0.1, 0.15) is 44.8 Å². The van der Waals surface area contributed by atoms with Gasteiger partial charge < -0.3 is 14.4 Å². The summed E-state index contributed by atoms with van der Waals surface area (Å²) in [6.07, 6.45) is 0. The van der Waals surface area contributed by atoms with Gasteiger partial charge in [0.05, 0.1) is 25.5 Å². The van der Waals surface area contributed by atoms with Crippen LogP contribution in [0.2, 0.25) is 0 Å². The standard InChI is InChI=1S/C21H29N3O2/c1-20(2,3)19-22-17(14-25-5)13-18(23-19)24-11-12-26-21(4,15-24)16-9-7-6-8-10-16/h6-10,13H,11-12,14-15H2,1-5H3. The number of methoxy groups -OCH3 is 1. The first-order chi connectivity index (χ1) is 12.3. The average Bonchev–Trinajstić information content (AvgIpc) is 2.62. The van der Waals surface area contributed by atoms with E-state index in [0.29, 0.717) is 13.2 Å². The molecule has 1 atom stereocenters. The van der Waals surface area contributed by atoms with Crippen molar-refractivity contribution in [3.8, 4) is 0 Å². The zero-order valence-corrected chi connectivity index (χ0v) is 16.5. The number of anilines is 1. The van der Waals surface area contributed by atoms with E-state index < -0.39 is 0 Å². The first-order valence-electron chi connectivity index (χ1n) is 9.14. The lowest BCUT2D eigenvalue weighted by molar-refractivity contribution is -0.0468. The Kier molecular flexibility index (Phi) is 5.30. The van der Waals surface area contributed by atoms with Gasteiger partial charge in [0.15, 0.2) is 0 Å². The van der Waals surface area contributed by atoms with Gasteiger partial charge in [-0.2, -0.15) is 0 Å². The Labute approximate surface area is 156 Å². The molecule has 1 aliphatic heterocycles.